The van der Waals surface area contributed by atoms with Gasteiger partial charge in [0.1, 0.15) is 24.1 Å². The number of nitrogens with one attached hydrogen (secondary N) is 2. The van der Waals surface area contributed by atoms with E-state index < -0.39 is 6.04 Å². The summed E-state index contributed by atoms with van der Waals surface area (Å²) < 4.78 is 11.3. The first kappa shape index (κ1) is 17.3. The predicted molar refractivity (Wildman–Crippen MR) is 94.5 cm³/mol. The molecule has 6 heteroatoms. The van der Waals surface area contributed by atoms with Crippen molar-refractivity contribution in [1.82, 2.24) is 10.6 Å². The Morgan fingerprint density at radius 2 is 2.28 bits per heavy atom. The first-order chi connectivity index (χ1) is 12.2. The van der Waals surface area contributed by atoms with Crippen molar-refractivity contribution in [3.8, 4) is 11.5 Å². The highest BCUT2D eigenvalue weighted by Crippen LogP contribution is 2.30. The highest BCUT2D eigenvalue weighted by Gasteiger charge is 2.25. The van der Waals surface area contributed by atoms with Crippen molar-refractivity contribution in [1.29, 1.82) is 0 Å². The molecule has 1 aromatic carbocycles. The Morgan fingerprint density at radius 1 is 1.40 bits per heavy atom. The van der Waals surface area contributed by atoms with Crippen LogP contribution in [0.1, 0.15) is 38.2 Å². The topological polar surface area (TPSA) is 76.7 Å². The van der Waals surface area contributed by atoms with Gasteiger partial charge in [-0.3, -0.25) is 9.59 Å². The molecule has 1 atom stereocenters. The standard InChI is InChI=1S/C19H24N2O4/c1-2-9-24-15-7-6-13-10-14(12-25-17(13)11-15)18(22)21-16-5-3-4-8-20-19(16)23/h6-7,10-11,16H,2-5,8-9,12H2,1H3,(H,20,23)(H,21,22)/t16-/m1/s1. The molecule has 0 bridgehead atoms. The number of carbonyl (C=O) groups is 2. The molecule has 0 saturated carbocycles. The molecule has 2 aliphatic heterocycles. The van der Waals surface area contributed by atoms with Gasteiger partial charge in [0.15, 0.2) is 0 Å². The van der Waals surface area contributed by atoms with E-state index in [0.717, 1.165) is 30.6 Å². The Bertz CT molecular complexity index is 684. The summed E-state index contributed by atoms with van der Waals surface area (Å²) in [6.07, 6.45) is 5.28. The molecule has 3 rings (SSSR count). The lowest BCUT2D eigenvalue weighted by molar-refractivity contribution is -0.127. The van der Waals surface area contributed by atoms with E-state index in [1.165, 1.54) is 0 Å². The van der Waals surface area contributed by atoms with E-state index >= 15 is 0 Å². The van der Waals surface area contributed by atoms with Gasteiger partial charge in [-0.1, -0.05) is 6.92 Å². The van der Waals surface area contributed by atoms with Gasteiger partial charge < -0.3 is 20.1 Å². The van der Waals surface area contributed by atoms with Crippen molar-refractivity contribution >= 4 is 17.9 Å². The molecular formula is C19H24N2O4. The van der Waals surface area contributed by atoms with E-state index in [0.29, 0.717) is 30.9 Å². The quantitative estimate of drug-likeness (QED) is 0.857. The summed E-state index contributed by atoms with van der Waals surface area (Å²) >= 11 is 0. The summed E-state index contributed by atoms with van der Waals surface area (Å²) in [6.45, 7) is 3.57. The lowest BCUT2D eigenvalue weighted by Crippen LogP contribution is -2.46. The van der Waals surface area contributed by atoms with Gasteiger partial charge in [-0.25, -0.2) is 0 Å². The van der Waals surface area contributed by atoms with Gasteiger partial charge in [0.2, 0.25) is 5.91 Å². The lowest BCUT2D eigenvalue weighted by Gasteiger charge is -2.21. The molecule has 2 amide bonds. The molecule has 0 aliphatic carbocycles. The molecule has 2 heterocycles. The van der Waals surface area contributed by atoms with E-state index in [1.807, 2.05) is 24.3 Å². The van der Waals surface area contributed by atoms with Gasteiger partial charge in [0, 0.05) is 18.2 Å². The summed E-state index contributed by atoms with van der Waals surface area (Å²) in [4.78, 5) is 24.4. The highest BCUT2D eigenvalue weighted by atomic mass is 16.5. The van der Waals surface area contributed by atoms with E-state index in [4.69, 9.17) is 9.47 Å². The fourth-order valence-corrected chi connectivity index (χ4v) is 2.91. The molecule has 0 radical (unpaired) electrons. The summed E-state index contributed by atoms with van der Waals surface area (Å²) in [5.41, 5.74) is 1.36. The summed E-state index contributed by atoms with van der Waals surface area (Å²) in [7, 11) is 0. The van der Waals surface area contributed by atoms with Gasteiger partial charge in [-0.05, 0) is 43.9 Å². The number of ether oxygens (including phenoxy) is 2. The summed E-state index contributed by atoms with van der Waals surface area (Å²) in [5, 5.41) is 5.65. The molecule has 1 aromatic rings. The molecule has 0 spiro atoms. The Morgan fingerprint density at radius 3 is 3.12 bits per heavy atom. The van der Waals surface area contributed by atoms with Crippen molar-refractivity contribution in [2.75, 3.05) is 19.8 Å². The van der Waals surface area contributed by atoms with Crippen LogP contribution in [0.3, 0.4) is 0 Å². The Kier molecular flexibility index (Phi) is 5.58. The van der Waals surface area contributed by atoms with Crippen LogP contribution in [-0.2, 0) is 9.59 Å². The molecule has 25 heavy (non-hydrogen) atoms. The molecular weight excluding hydrogens is 320 g/mol. The second-order valence-electron chi connectivity index (χ2n) is 6.32. The van der Waals surface area contributed by atoms with Gasteiger partial charge in [0.05, 0.1) is 12.2 Å². The number of fused-ring (bicyclic) bond motifs is 1. The largest absolute Gasteiger partial charge is 0.493 e. The van der Waals surface area contributed by atoms with Gasteiger partial charge in [-0.15, -0.1) is 0 Å². The maximum Gasteiger partial charge on any atom is 0.251 e. The third-order valence-corrected chi connectivity index (χ3v) is 4.30. The minimum absolute atomic E-state index is 0.110. The fourth-order valence-electron chi connectivity index (χ4n) is 2.91. The fraction of sp³-hybridized carbons (Fsp3) is 0.474. The molecule has 2 aliphatic rings. The maximum absolute atomic E-state index is 12.5. The van der Waals surface area contributed by atoms with Crippen LogP contribution < -0.4 is 20.1 Å². The molecule has 6 nitrogen and oxygen atoms in total. The first-order valence-corrected chi connectivity index (χ1v) is 8.86. The predicted octanol–water partition coefficient (Wildman–Crippen LogP) is 2.04. The zero-order valence-electron chi connectivity index (χ0n) is 14.5. The number of carbonyl (C=O) groups excluding carboxylic acids is 2. The number of hydrogen-bond acceptors (Lipinski definition) is 4. The third-order valence-electron chi connectivity index (χ3n) is 4.30. The number of benzene rings is 1. The summed E-state index contributed by atoms with van der Waals surface area (Å²) in [5.74, 6) is 1.11. The zero-order chi connectivity index (χ0) is 17.6. The van der Waals surface area contributed by atoms with Crippen LogP contribution in [0.15, 0.2) is 23.8 Å². The van der Waals surface area contributed by atoms with E-state index in [2.05, 4.69) is 17.6 Å². The van der Waals surface area contributed by atoms with Crippen LogP contribution in [0, 0.1) is 0 Å². The minimum Gasteiger partial charge on any atom is -0.493 e. The monoisotopic (exact) mass is 344 g/mol. The molecule has 134 valence electrons. The highest BCUT2D eigenvalue weighted by molar-refractivity contribution is 6.01. The average molecular weight is 344 g/mol. The molecule has 1 fully saturated rings. The first-order valence-electron chi connectivity index (χ1n) is 8.86. The zero-order valence-corrected chi connectivity index (χ0v) is 14.5. The lowest BCUT2D eigenvalue weighted by atomic mass is 10.1. The third kappa shape index (κ3) is 4.32. The summed E-state index contributed by atoms with van der Waals surface area (Å²) in [6, 6.07) is 5.12. The van der Waals surface area contributed by atoms with Crippen molar-refractivity contribution in [2.24, 2.45) is 0 Å². The Balaban J connectivity index is 1.68. The van der Waals surface area contributed by atoms with Crippen molar-refractivity contribution in [2.45, 2.75) is 38.6 Å². The Labute approximate surface area is 147 Å². The Hall–Kier alpha value is -2.50. The van der Waals surface area contributed by atoms with Crippen LogP contribution in [-0.4, -0.2) is 37.6 Å². The number of hydrogen-bond donors (Lipinski definition) is 2. The van der Waals surface area contributed by atoms with Crippen LogP contribution in [0.4, 0.5) is 0 Å². The smallest absolute Gasteiger partial charge is 0.251 e. The van der Waals surface area contributed by atoms with Crippen molar-refractivity contribution < 1.29 is 19.1 Å². The van der Waals surface area contributed by atoms with Crippen LogP contribution in [0.25, 0.3) is 6.08 Å². The second kappa shape index (κ2) is 8.05. The van der Waals surface area contributed by atoms with Crippen LogP contribution in [0.5, 0.6) is 11.5 Å². The van der Waals surface area contributed by atoms with Crippen molar-refractivity contribution in [3.63, 3.8) is 0 Å². The molecule has 1 saturated heterocycles. The van der Waals surface area contributed by atoms with E-state index in [1.54, 1.807) is 0 Å². The van der Waals surface area contributed by atoms with Crippen LogP contribution >= 0.6 is 0 Å². The minimum atomic E-state index is -0.470. The molecule has 0 unspecified atom stereocenters. The van der Waals surface area contributed by atoms with E-state index in [-0.39, 0.29) is 18.4 Å². The second-order valence-corrected chi connectivity index (χ2v) is 6.32. The van der Waals surface area contributed by atoms with Gasteiger partial charge in [0.25, 0.3) is 5.91 Å². The van der Waals surface area contributed by atoms with Gasteiger partial charge in [-0.2, -0.15) is 0 Å². The van der Waals surface area contributed by atoms with Crippen LogP contribution in [0.2, 0.25) is 0 Å². The molecule has 2 N–H and O–H groups in total. The average Bonchev–Trinajstić information content (AvgIpc) is 2.83. The molecule has 0 aromatic heterocycles. The SMILES string of the molecule is CCCOc1ccc2c(c1)OCC(C(=O)N[C@@H]1CCCCNC1=O)=C2. The normalized spacial score (nSPS) is 19.6. The maximum atomic E-state index is 12.5. The number of amides is 2. The van der Waals surface area contributed by atoms with E-state index in [9.17, 15) is 9.59 Å². The number of rotatable bonds is 5. The van der Waals surface area contributed by atoms with Crippen molar-refractivity contribution in [3.05, 3.63) is 29.3 Å². The van der Waals surface area contributed by atoms with Gasteiger partial charge >= 0.3 is 0 Å².